The van der Waals surface area contributed by atoms with Gasteiger partial charge in [-0.3, -0.25) is 0 Å². The second-order valence-electron chi connectivity index (χ2n) is 6.88. The lowest BCUT2D eigenvalue weighted by atomic mass is 9.97. The van der Waals surface area contributed by atoms with Gasteiger partial charge in [-0.2, -0.15) is 4.98 Å². The van der Waals surface area contributed by atoms with Gasteiger partial charge in [0.25, 0.3) is 0 Å². The van der Waals surface area contributed by atoms with E-state index in [0.29, 0.717) is 42.3 Å². The summed E-state index contributed by atoms with van der Waals surface area (Å²) in [6.07, 6.45) is 0. The SMILES string of the molecule is CCNC(=NCc1noc(C(C)(C)C)n1)Nc1ccc(OCC)c(OC)c1.I. The molecule has 0 radical (unpaired) electrons. The van der Waals surface area contributed by atoms with Crippen LogP contribution in [0.3, 0.4) is 0 Å². The maximum atomic E-state index is 5.54. The molecule has 0 fully saturated rings. The predicted octanol–water partition coefficient (Wildman–Crippen LogP) is 3.97. The van der Waals surface area contributed by atoms with Gasteiger partial charge in [-0.25, -0.2) is 4.99 Å². The van der Waals surface area contributed by atoms with E-state index in [1.165, 1.54) is 0 Å². The molecule has 0 spiro atoms. The first-order valence-electron chi connectivity index (χ1n) is 9.06. The fourth-order valence-electron chi connectivity index (χ4n) is 2.24. The number of hydrogen-bond donors (Lipinski definition) is 2. The van der Waals surface area contributed by atoms with Crippen LogP contribution < -0.4 is 20.1 Å². The topological polar surface area (TPSA) is 93.8 Å². The van der Waals surface area contributed by atoms with E-state index in [9.17, 15) is 0 Å². The minimum atomic E-state index is -0.184. The molecule has 2 rings (SSSR count). The van der Waals surface area contributed by atoms with Gasteiger partial charge in [0.05, 0.1) is 13.7 Å². The molecule has 2 N–H and O–H groups in total. The van der Waals surface area contributed by atoms with Crippen LogP contribution in [0, 0.1) is 0 Å². The van der Waals surface area contributed by atoms with Crippen molar-refractivity contribution in [1.82, 2.24) is 15.5 Å². The molecule has 0 saturated heterocycles. The maximum Gasteiger partial charge on any atom is 0.232 e. The lowest BCUT2D eigenvalue weighted by Gasteiger charge is -2.14. The number of ether oxygens (including phenoxy) is 2. The van der Waals surface area contributed by atoms with Gasteiger partial charge >= 0.3 is 0 Å². The number of nitrogens with zero attached hydrogens (tertiary/aromatic N) is 3. The third kappa shape index (κ3) is 6.84. The van der Waals surface area contributed by atoms with E-state index in [0.717, 1.165) is 12.2 Å². The largest absolute Gasteiger partial charge is 0.493 e. The molecule has 0 bridgehead atoms. The van der Waals surface area contributed by atoms with Crippen LogP contribution in [0.15, 0.2) is 27.7 Å². The molecule has 156 valence electrons. The normalized spacial score (nSPS) is 11.6. The fraction of sp³-hybridized carbons (Fsp3) is 0.526. The minimum Gasteiger partial charge on any atom is -0.493 e. The summed E-state index contributed by atoms with van der Waals surface area (Å²) in [6.45, 7) is 11.6. The summed E-state index contributed by atoms with van der Waals surface area (Å²) in [4.78, 5) is 8.93. The van der Waals surface area contributed by atoms with Gasteiger partial charge < -0.3 is 24.6 Å². The molecule has 8 nitrogen and oxygen atoms in total. The Morgan fingerprint density at radius 1 is 1.21 bits per heavy atom. The Labute approximate surface area is 183 Å². The highest BCUT2D eigenvalue weighted by atomic mass is 127. The lowest BCUT2D eigenvalue weighted by Crippen LogP contribution is -2.30. The first-order chi connectivity index (χ1) is 12.9. The molecular weight excluding hydrogens is 473 g/mol. The van der Waals surface area contributed by atoms with E-state index in [1.807, 2.05) is 52.8 Å². The Morgan fingerprint density at radius 2 is 1.96 bits per heavy atom. The third-order valence-electron chi connectivity index (χ3n) is 3.56. The number of anilines is 1. The molecule has 28 heavy (non-hydrogen) atoms. The standard InChI is InChI=1S/C19H29N5O3.HI/c1-7-20-18(21-12-16-23-17(27-24-16)19(3,4)5)22-13-9-10-14(26-8-2)15(11-13)25-6;/h9-11H,7-8,12H2,1-6H3,(H2,20,21,22);1H. The van der Waals surface area contributed by atoms with Crippen molar-refractivity contribution in [1.29, 1.82) is 0 Å². The molecule has 1 aromatic heterocycles. The number of nitrogens with one attached hydrogen (secondary N) is 2. The molecular formula is C19H30IN5O3. The van der Waals surface area contributed by atoms with Gasteiger partial charge in [0.15, 0.2) is 23.3 Å². The number of benzene rings is 1. The number of methoxy groups -OCH3 is 1. The molecule has 0 amide bonds. The third-order valence-corrected chi connectivity index (χ3v) is 3.56. The first kappa shape index (κ1) is 24.0. The smallest absolute Gasteiger partial charge is 0.232 e. The summed E-state index contributed by atoms with van der Waals surface area (Å²) >= 11 is 0. The highest BCUT2D eigenvalue weighted by Crippen LogP contribution is 2.30. The van der Waals surface area contributed by atoms with Crippen molar-refractivity contribution < 1.29 is 14.0 Å². The molecule has 0 aliphatic heterocycles. The van der Waals surface area contributed by atoms with Gasteiger partial charge in [-0.15, -0.1) is 24.0 Å². The molecule has 0 aliphatic carbocycles. The summed E-state index contributed by atoms with van der Waals surface area (Å²) in [5.41, 5.74) is 0.648. The van der Waals surface area contributed by atoms with Gasteiger partial charge in [0, 0.05) is 23.7 Å². The average Bonchev–Trinajstić information content (AvgIpc) is 3.11. The van der Waals surface area contributed by atoms with Crippen LogP contribution in [-0.2, 0) is 12.0 Å². The van der Waals surface area contributed by atoms with E-state index in [4.69, 9.17) is 14.0 Å². The zero-order valence-corrected chi connectivity index (χ0v) is 19.7. The van der Waals surface area contributed by atoms with Gasteiger partial charge in [-0.1, -0.05) is 25.9 Å². The van der Waals surface area contributed by atoms with Crippen LogP contribution in [0.1, 0.15) is 46.3 Å². The summed E-state index contributed by atoms with van der Waals surface area (Å²) in [5.74, 6) is 3.12. The molecule has 0 aliphatic rings. The Hall–Kier alpha value is -2.04. The highest BCUT2D eigenvalue weighted by Gasteiger charge is 2.21. The molecule has 0 unspecified atom stereocenters. The van der Waals surface area contributed by atoms with Crippen LogP contribution in [0.2, 0.25) is 0 Å². The average molecular weight is 503 g/mol. The van der Waals surface area contributed by atoms with Crippen LogP contribution in [0.4, 0.5) is 5.69 Å². The van der Waals surface area contributed by atoms with E-state index < -0.39 is 0 Å². The van der Waals surface area contributed by atoms with Crippen molar-refractivity contribution in [3.63, 3.8) is 0 Å². The molecule has 9 heteroatoms. The van der Waals surface area contributed by atoms with Crippen LogP contribution in [-0.4, -0.2) is 36.4 Å². The Bertz CT molecular complexity index is 771. The summed E-state index contributed by atoms with van der Waals surface area (Å²) in [7, 11) is 1.62. The molecule has 1 aromatic carbocycles. The minimum absolute atomic E-state index is 0. The Morgan fingerprint density at radius 3 is 2.54 bits per heavy atom. The van der Waals surface area contributed by atoms with E-state index in [1.54, 1.807) is 7.11 Å². The second-order valence-corrected chi connectivity index (χ2v) is 6.88. The van der Waals surface area contributed by atoms with Crippen LogP contribution in [0.5, 0.6) is 11.5 Å². The number of aliphatic imine (C=N–C) groups is 1. The molecule has 0 saturated carbocycles. The summed E-state index contributed by atoms with van der Waals surface area (Å²) in [6, 6.07) is 5.64. The van der Waals surface area contributed by atoms with Crippen molar-refractivity contribution in [3.05, 3.63) is 29.9 Å². The van der Waals surface area contributed by atoms with Crippen molar-refractivity contribution in [3.8, 4) is 11.5 Å². The number of aromatic nitrogens is 2. The summed E-state index contributed by atoms with van der Waals surface area (Å²) < 4.78 is 16.2. The van der Waals surface area contributed by atoms with E-state index in [-0.39, 0.29) is 29.4 Å². The van der Waals surface area contributed by atoms with Crippen molar-refractivity contribution in [2.24, 2.45) is 4.99 Å². The number of guanidine groups is 1. The lowest BCUT2D eigenvalue weighted by molar-refractivity contribution is 0.311. The molecule has 2 aromatic rings. The quantitative estimate of drug-likeness (QED) is 0.336. The zero-order valence-electron chi connectivity index (χ0n) is 17.3. The summed E-state index contributed by atoms with van der Waals surface area (Å²) in [5, 5.41) is 10.4. The van der Waals surface area contributed by atoms with E-state index in [2.05, 4.69) is 25.8 Å². The fourth-order valence-corrected chi connectivity index (χ4v) is 2.24. The Balaban J connectivity index is 0.00000392. The van der Waals surface area contributed by atoms with E-state index >= 15 is 0 Å². The van der Waals surface area contributed by atoms with Crippen molar-refractivity contribution >= 4 is 35.6 Å². The predicted molar refractivity (Wildman–Crippen MR) is 121 cm³/mol. The second kappa shape index (κ2) is 11.1. The zero-order chi connectivity index (χ0) is 19.9. The molecule has 0 atom stereocenters. The van der Waals surface area contributed by atoms with Gasteiger partial charge in [-0.05, 0) is 26.0 Å². The highest BCUT2D eigenvalue weighted by molar-refractivity contribution is 14.0. The Kier molecular flexibility index (Phi) is 9.50. The van der Waals surface area contributed by atoms with Crippen molar-refractivity contribution in [2.75, 3.05) is 25.6 Å². The van der Waals surface area contributed by atoms with Gasteiger partial charge in [0.2, 0.25) is 5.89 Å². The maximum absolute atomic E-state index is 5.54. The molecule has 1 heterocycles. The van der Waals surface area contributed by atoms with Gasteiger partial charge in [0.1, 0.15) is 6.54 Å². The number of hydrogen-bond acceptors (Lipinski definition) is 6. The van der Waals surface area contributed by atoms with Crippen LogP contribution >= 0.6 is 24.0 Å². The number of halogens is 1. The van der Waals surface area contributed by atoms with Crippen LogP contribution in [0.25, 0.3) is 0 Å². The monoisotopic (exact) mass is 503 g/mol. The number of rotatable bonds is 7. The first-order valence-corrected chi connectivity index (χ1v) is 9.06. The van der Waals surface area contributed by atoms with Crippen molar-refractivity contribution in [2.45, 2.75) is 46.6 Å².